The average molecular weight is 228 g/mol. The number of aliphatic hydroxyl groups is 1. The molecule has 2 rings (SSSR count). The van der Waals surface area contributed by atoms with Crippen molar-refractivity contribution in [3.05, 3.63) is 0 Å². The Bertz CT molecular complexity index is 262. The van der Waals surface area contributed by atoms with Gasteiger partial charge in [-0.15, -0.1) is 0 Å². The number of rotatable bonds is 6. The number of hydrogen-bond acceptors (Lipinski definition) is 4. The molecule has 0 amide bonds. The molecule has 5 nitrogen and oxygen atoms in total. The van der Waals surface area contributed by atoms with Crippen molar-refractivity contribution < 1.29 is 15.0 Å². The number of β-amino-alcohol motifs (C(OH)–C–C–N with tert-alkyl or cyclic N) is 1. The average Bonchev–Trinajstić information content (AvgIpc) is 2.07. The minimum atomic E-state index is -0.747. The summed E-state index contributed by atoms with van der Waals surface area (Å²) in [5, 5.41) is 21.3. The monoisotopic (exact) mass is 228 g/mol. The highest BCUT2D eigenvalue weighted by Gasteiger charge is 2.47. The van der Waals surface area contributed by atoms with Crippen molar-refractivity contribution in [1.82, 2.24) is 10.2 Å². The second kappa shape index (κ2) is 4.69. The van der Waals surface area contributed by atoms with Crippen LogP contribution in [0.15, 0.2) is 0 Å². The maximum Gasteiger partial charge on any atom is 0.305 e. The minimum Gasteiger partial charge on any atom is -0.481 e. The van der Waals surface area contributed by atoms with Gasteiger partial charge in [-0.25, -0.2) is 0 Å². The van der Waals surface area contributed by atoms with Gasteiger partial charge in [0.25, 0.3) is 0 Å². The molecule has 0 aromatic heterocycles. The van der Waals surface area contributed by atoms with E-state index in [-0.39, 0.29) is 18.6 Å². The summed E-state index contributed by atoms with van der Waals surface area (Å²) in [6, 6.07) is 0.480. The number of carboxylic acid groups (broad SMARTS) is 1. The molecule has 0 unspecified atom stereocenters. The van der Waals surface area contributed by atoms with Crippen molar-refractivity contribution in [1.29, 1.82) is 0 Å². The van der Waals surface area contributed by atoms with Crippen molar-refractivity contribution in [2.75, 3.05) is 26.2 Å². The lowest BCUT2D eigenvalue weighted by Gasteiger charge is -2.55. The van der Waals surface area contributed by atoms with Gasteiger partial charge in [0, 0.05) is 25.7 Å². The van der Waals surface area contributed by atoms with Gasteiger partial charge in [-0.05, 0) is 12.8 Å². The summed E-state index contributed by atoms with van der Waals surface area (Å²) in [7, 11) is 0. The highest BCUT2D eigenvalue weighted by molar-refractivity contribution is 5.69. The van der Waals surface area contributed by atoms with Crippen LogP contribution in [-0.4, -0.2) is 58.9 Å². The molecule has 3 N–H and O–H groups in total. The number of nitrogens with zero attached hydrogens (tertiary/aromatic N) is 1. The summed E-state index contributed by atoms with van der Waals surface area (Å²) in [5.41, 5.74) is -0.250. The largest absolute Gasteiger partial charge is 0.481 e. The van der Waals surface area contributed by atoms with Crippen LogP contribution in [0.1, 0.15) is 25.7 Å². The maximum atomic E-state index is 10.9. The van der Waals surface area contributed by atoms with E-state index in [0.717, 1.165) is 25.9 Å². The highest BCUT2D eigenvalue weighted by Crippen LogP contribution is 2.34. The molecule has 2 fully saturated rings. The summed E-state index contributed by atoms with van der Waals surface area (Å²) < 4.78 is 0. The Kier molecular flexibility index (Phi) is 3.47. The van der Waals surface area contributed by atoms with E-state index in [2.05, 4.69) is 10.2 Å². The molecule has 0 atom stereocenters. The van der Waals surface area contributed by atoms with Crippen LogP contribution in [0.5, 0.6) is 0 Å². The van der Waals surface area contributed by atoms with Gasteiger partial charge < -0.3 is 15.5 Å². The molecule has 0 aromatic carbocycles. The number of carboxylic acids is 1. The van der Waals surface area contributed by atoms with Gasteiger partial charge in [0.2, 0.25) is 0 Å². The van der Waals surface area contributed by atoms with Crippen molar-refractivity contribution in [3.8, 4) is 0 Å². The molecule has 16 heavy (non-hydrogen) atoms. The third-order valence-corrected chi connectivity index (χ3v) is 3.85. The molecule has 0 radical (unpaired) electrons. The molecule has 1 aliphatic heterocycles. The van der Waals surface area contributed by atoms with Crippen LogP contribution in [0.3, 0.4) is 0 Å². The standard InChI is InChI=1S/C11H20N2O3/c14-5-4-13(9-2-1-3-9)11(6-10(15)16)7-12-8-11/h9,12,14H,1-8H2,(H,15,16). The number of carbonyl (C=O) groups is 1. The molecule has 0 spiro atoms. The van der Waals surface area contributed by atoms with Gasteiger partial charge in [0.05, 0.1) is 18.6 Å². The predicted molar refractivity (Wildman–Crippen MR) is 59.3 cm³/mol. The van der Waals surface area contributed by atoms with Crippen LogP contribution in [0.4, 0.5) is 0 Å². The minimum absolute atomic E-state index is 0.109. The highest BCUT2D eigenvalue weighted by atomic mass is 16.4. The number of hydrogen-bond donors (Lipinski definition) is 3. The first kappa shape index (κ1) is 11.8. The van der Waals surface area contributed by atoms with Gasteiger partial charge in [0.15, 0.2) is 0 Å². The van der Waals surface area contributed by atoms with Gasteiger partial charge in [-0.3, -0.25) is 9.69 Å². The van der Waals surface area contributed by atoms with E-state index < -0.39 is 5.97 Å². The molecule has 5 heteroatoms. The SMILES string of the molecule is O=C(O)CC1(N(CCO)C2CCC2)CNC1. The van der Waals surface area contributed by atoms with Gasteiger partial charge in [-0.1, -0.05) is 6.42 Å². The van der Waals surface area contributed by atoms with Crippen molar-refractivity contribution in [2.24, 2.45) is 0 Å². The molecular formula is C11H20N2O3. The zero-order valence-electron chi connectivity index (χ0n) is 9.48. The van der Waals surface area contributed by atoms with E-state index in [4.69, 9.17) is 10.2 Å². The Hall–Kier alpha value is -0.650. The zero-order chi connectivity index (χ0) is 11.6. The molecule has 1 aliphatic carbocycles. The van der Waals surface area contributed by atoms with E-state index in [9.17, 15) is 4.79 Å². The first-order valence-corrected chi connectivity index (χ1v) is 5.98. The fourth-order valence-electron chi connectivity index (χ4n) is 2.74. The molecule has 1 saturated carbocycles. The van der Waals surface area contributed by atoms with Crippen molar-refractivity contribution >= 4 is 5.97 Å². The maximum absolute atomic E-state index is 10.9. The van der Waals surface area contributed by atoms with Crippen LogP contribution >= 0.6 is 0 Å². The Balaban J connectivity index is 2.05. The predicted octanol–water partition coefficient (Wildman–Crippen LogP) is -0.350. The fraction of sp³-hybridized carbons (Fsp3) is 0.909. The Morgan fingerprint density at radius 3 is 2.44 bits per heavy atom. The Labute approximate surface area is 95.4 Å². The molecule has 0 aromatic rings. The first-order chi connectivity index (χ1) is 7.68. The second-order valence-electron chi connectivity index (χ2n) is 4.90. The van der Waals surface area contributed by atoms with E-state index in [1.165, 1.54) is 6.42 Å². The fourth-order valence-corrected chi connectivity index (χ4v) is 2.74. The number of aliphatic hydroxyl groups excluding tert-OH is 1. The topological polar surface area (TPSA) is 72.8 Å². The quantitative estimate of drug-likeness (QED) is 0.579. The zero-order valence-corrected chi connectivity index (χ0v) is 9.48. The van der Waals surface area contributed by atoms with E-state index in [1.807, 2.05) is 0 Å². The van der Waals surface area contributed by atoms with E-state index in [0.29, 0.717) is 12.6 Å². The molecule has 2 aliphatic rings. The lowest BCUT2D eigenvalue weighted by Crippen LogP contribution is -2.72. The van der Waals surface area contributed by atoms with Crippen LogP contribution in [-0.2, 0) is 4.79 Å². The van der Waals surface area contributed by atoms with Crippen LogP contribution in [0, 0.1) is 0 Å². The summed E-state index contributed by atoms with van der Waals surface area (Å²) in [6.45, 7) is 2.17. The Morgan fingerprint density at radius 1 is 1.44 bits per heavy atom. The van der Waals surface area contributed by atoms with Crippen LogP contribution < -0.4 is 5.32 Å². The van der Waals surface area contributed by atoms with Crippen molar-refractivity contribution in [2.45, 2.75) is 37.3 Å². The second-order valence-corrected chi connectivity index (χ2v) is 4.90. The Morgan fingerprint density at radius 2 is 2.12 bits per heavy atom. The molecule has 92 valence electrons. The normalized spacial score (nSPS) is 23.9. The summed E-state index contributed by atoms with van der Waals surface area (Å²) in [4.78, 5) is 13.2. The number of aliphatic carboxylic acids is 1. The van der Waals surface area contributed by atoms with Gasteiger partial charge >= 0.3 is 5.97 Å². The number of nitrogens with one attached hydrogen (secondary N) is 1. The van der Waals surface area contributed by atoms with E-state index in [1.54, 1.807) is 0 Å². The molecular weight excluding hydrogens is 208 g/mol. The van der Waals surface area contributed by atoms with E-state index >= 15 is 0 Å². The van der Waals surface area contributed by atoms with Crippen LogP contribution in [0.25, 0.3) is 0 Å². The molecule has 1 saturated heterocycles. The first-order valence-electron chi connectivity index (χ1n) is 5.98. The van der Waals surface area contributed by atoms with Crippen LogP contribution in [0.2, 0.25) is 0 Å². The van der Waals surface area contributed by atoms with Gasteiger partial charge in [-0.2, -0.15) is 0 Å². The third-order valence-electron chi connectivity index (χ3n) is 3.85. The summed E-state index contributed by atoms with van der Waals surface area (Å²) in [6.07, 6.45) is 3.68. The van der Waals surface area contributed by atoms with Gasteiger partial charge in [0.1, 0.15) is 0 Å². The summed E-state index contributed by atoms with van der Waals surface area (Å²) in [5.74, 6) is -0.747. The molecule has 0 bridgehead atoms. The molecule has 1 heterocycles. The smallest absolute Gasteiger partial charge is 0.305 e. The lowest BCUT2D eigenvalue weighted by molar-refractivity contribution is -0.143. The lowest BCUT2D eigenvalue weighted by atomic mass is 9.80. The third kappa shape index (κ3) is 2.07. The van der Waals surface area contributed by atoms with Crippen molar-refractivity contribution in [3.63, 3.8) is 0 Å². The summed E-state index contributed by atoms with van der Waals surface area (Å²) >= 11 is 0.